The molecular formula is C14H19NO3. The number of methoxy groups -OCH3 is 1. The summed E-state index contributed by atoms with van der Waals surface area (Å²) in [7, 11) is 1.58. The first-order chi connectivity index (χ1) is 8.70. The fourth-order valence-electron chi connectivity index (χ4n) is 2.21. The minimum Gasteiger partial charge on any atom is -0.496 e. The number of nitrogens with one attached hydrogen (secondary N) is 1. The highest BCUT2D eigenvalue weighted by Crippen LogP contribution is 2.20. The average Bonchev–Trinajstić information content (AvgIpc) is 2.38. The predicted octanol–water partition coefficient (Wildman–Crippen LogP) is 1.64. The molecule has 1 aliphatic rings. The van der Waals surface area contributed by atoms with Crippen LogP contribution in [0, 0.1) is 0 Å². The fraction of sp³-hybridized carbons (Fsp3) is 0.500. The van der Waals surface area contributed by atoms with Gasteiger partial charge >= 0.3 is 0 Å². The third kappa shape index (κ3) is 3.09. The normalized spacial score (nSPS) is 23.7. The summed E-state index contributed by atoms with van der Waals surface area (Å²) in [6.07, 6.45) is 0.435. The number of rotatable bonds is 4. The van der Waals surface area contributed by atoms with Gasteiger partial charge in [-0.05, 0) is 19.1 Å². The molecule has 2 unspecified atom stereocenters. The third-order valence-electron chi connectivity index (χ3n) is 3.05. The Balaban J connectivity index is 2.03. The molecule has 0 bridgehead atoms. The number of hydrogen-bond donors (Lipinski definition) is 1. The number of morpholine rings is 1. The van der Waals surface area contributed by atoms with Gasteiger partial charge in [-0.15, -0.1) is 0 Å². The van der Waals surface area contributed by atoms with Crippen molar-refractivity contribution >= 4 is 5.78 Å². The largest absolute Gasteiger partial charge is 0.496 e. The SMILES string of the molecule is COc1ccccc1C(=O)CC1COCC(C)N1. The van der Waals surface area contributed by atoms with Gasteiger partial charge < -0.3 is 14.8 Å². The zero-order chi connectivity index (χ0) is 13.0. The number of para-hydroxylation sites is 1. The van der Waals surface area contributed by atoms with E-state index in [1.165, 1.54) is 0 Å². The number of carbonyl (C=O) groups excluding carboxylic acids is 1. The van der Waals surface area contributed by atoms with Crippen LogP contribution in [0.3, 0.4) is 0 Å². The van der Waals surface area contributed by atoms with Crippen molar-refractivity contribution in [3.8, 4) is 5.75 Å². The molecule has 4 heteroatoms. The maximum Gasteiger partial charge on any atom is 0.168 e. The first-order valence-corrected chi connectivity index (χ1v) is 6.20. The van der Waals surface area contributed by atoms with Crippen molar-refractivity contribution in [2.45, 2.75) is 25.4 Å². The second-order valence-electron chi connectivity index (χ2n) is 4.63. The zero-order valence-electron chi connectivity index (χ0n) is 10.8. The van der Waals surface area contributed by atoms with E-state index in [1.54, 1.807) is 19.2 Å². The van der Waals surface area contributed by atoms with Crippen LogP contribution in [-0.2, 0) is 4.74 Å². The second-order valence-corrected chi connectivity index (χ2v) is 4.63. The first-order valence-electron chi connectivity index (χ1n) is 6.20. The van der Waals surface area contributed by atoms with Crippen molar-refractivity contribution in [1.82, 2.24) is 5.32 Å². The van der Waals surface area contributed by atoms with Crippen molar-refractivity contribution in [3.63, 3.8) is 0 Å². The Bertz CT molecular complexity index is 419. The first kappa shape index (κ1) is 13.1. The molecule has 1 saturated heterocycles. The maximum atomic E-state index is 12.2. The summed E-state index contributed by atoms with van der Waals surface area (Å²) in [5, 5.41) is 3.37. The molecule has 1 fully saturated rings. The Morgan fingerprint density at radius 2 is 2.22 bits per heavy atom. The van der Waals surface area contributed by atoms with Gasteiger partial charge in [0.2, 0.25) is 0 Å². The number of ether oxygens (including phenoxy) is 2. The Labute approximate surface area is 107 Å². The van der Waals surface area contributed by atoms with Gasteiger partial charge in [-0.2, -0.15) is 0 Å². The van der Waals surface area contributed by atoms with Gasteiger partial charge in [-0.3, -0.25) is 4.79 Å². The monoisotopic (exact) mass is 249 g/mol. The van der Waals surface area contributed by atoms with E-state index >= 15 is 0 Å². The van der Waals surface area contributed by atoms with Crippen LogP contribution in [0.15, 0.2) is 24.3 Å². The Morgan fingerprint density at radius 3 is 2.94 bits per heavy atom. The van der Waals surface area contributed by atoms with Crippen molar-refractivity contribution in [2.75, 3.05) is 20.3 Å². The molecule has 1 heterocycles. The van der Waals surface area contributed by atoms with E-state index < -0.39 is 0 Å². The molecule has 2 rings (SSSR count). The van der Waals surface area contributed by atoms with Crippen molar-refractivity contribution < 1.29 is 14.3 Å². The van der Waals surface area contributed by atoms with Gasteiger partial charge in [0.25, 0.3) is 0 Å². The van der Waals surface area contributed by atoms with E-state index in [4.69, 9.17) is 9.47 Å². The van der Waals surface area contributed by atoms with Gasteiger partial charge in [0, 0.05) is 18.5 Å². The van der Waals surface area contributed by atoms with E-state index in [2.05, 4.69) is 12.2 Å². The van der Waals surface area contributed by atoms with Gasteiger partial charge in [-0.25, -0.2) is 0 Å². The molecule has 1 aromatic carbocycles. The van der Waals surface area contributed by atoms with Crippen LogP contribution in [0.2, 0.25) is 0 Å². The minimum atomic E-state index is 0.0858. The molecule has 0 saturated carbocycles. The van der Waals surface area contributed by atoms with Gasteiger partial charge in [0.1, 0.15) is 5.75 Å². The molecule has 0 aromatic heterocycles. The van der Waals surface area contributed by atoms with Crippen molar-refractivity contribution in [2.24, 2.45) is 0 Å². The lowest BCUT2D eigenvalue weighted by Gasteiger charge is -2.28. The molecule has 1 N–H and O–H groups in total. The lowest BCUT2D eigenvalue weighted by Crippen LogP contribution is -2.48. The Morgan fingerprint density at radius 1 is 1.44 bits per heavy atom. The van der Waals surface area contributed by atoms with Crippen LogP contribution in [0.1, 0.15) is 23.7 Å². The summed E-state index contributed by atoms with van der Waals surface area (Å²) >= 11 is 0. The van der Waals surface area contributed by atoms with Crippen LogP contribution in [0.25, 0.3) is 0 Å². The molecule has 1 aromatic rings. The highest BCUT2D eigenvalue weighted by molar-refractivity contribution is 5.99. The maximum absolute atomic E-state index is 12.2. The lowest BCUT2D eigenvalue weighted by molar-refractivity contribution is 0.0463. The predicted molar refractivity (Wildman–Crippen MR) is 69.1 cm³/mol. The summed E-state index contributed by atoms with van der Waals surface area (Å²) in [4.78, 5) is 12.2. The van der Waals surface area contributed by atoms with Crippen LogP contribution < -0.4 is 10.1 Å². The molecule has 2 atom stereocenters. The van der Waals surface area contributed by atoms with E-state index in [0.29, 0.717) is 37.0 Å². The number of benzene rings is 1. The molecule has 0 radical (unpaired) electrons. The molecule has 0 aliphatic carbocycles. The van der Waals surface area contributed by atoms with E-state index in [9.17, 15) is 4.79 Å². The second kappa shape index (κ2) is 5.98. The summed E-state index contributed by atoms with van der Waals surface area (Å²) in [6.45, 7) is 3.35. The fourth-order valence-corrected chi connectivity index (χ4v) is 2.21. The molecule has 18 heavy (non-hydrogen) atoms. The lowest BCUT2D eigenvalue weighted by atomic mass is 10.0. The molecule has 0 amide bonds. The van der Waals surface area contributed by atoms with Gasteiger partial charge in [-0.1, -0.05) is 12.1 Å². The van der Waals surface area contributed by atoms with E-state index in [1.807, 2.05) is 12.1 Å². The number of ketones is 1. The topological polar surface area (TPSA) is 47.6 Å². The zero-order valence-corrected chi connectivity index (χ0v) is 10.8. The highest BCUT2D eigenvalue weighted by atomic mass is 16.5. The summed E-state index contributed by atoms with van der Waals surface area (Å²) in [5.41, 5.74) is 0.639. The third-order valence-corrected chi connectivity index (χ3v) is 3.05. The van der Waals surface area contributed by atoms with E-state index in [-0.39, 0.29) is 11.8 Å². The van der Waals surface area contributed by atoms with Crippen LogP contribution in [-0.4, -0.2) is 38.2 Å². The summed E-state index contributed by atoms with van der Waals surface area (Å²) < 4.78 is 10.6. The van der Waals surface area contributed by atoms with Gasteiger partial charge in [0.15, 0.2) is 5.78 Å². The van der Waals surface area contributed by atoms with Crippen LogP contribution in [0.4, 0.5) is 0 Å². The van der Waals surface area contributed by atoms with Crippen LogP contribution >= 0.6 is 0 Å². The van der Waals surface area contributed by atoms with Crippen molar-refractivity contribution in [3.05, 3.63) is 29.8 Å². The summed E-state index contributed by atoms with van der Waals surface area (Å²) in [6, 6.07) is 7.71. The molecular weight excluding hydrogens is 230 g/mol. The smallest absolute Gasteiger partial charge is 0.168 e. The Kier molecular flexibility index (Phi) is 4.33. The minimum absolute atomic E-state index is 0.0858. The quantitative estimate of drug-likeness (QED) is 0.824. The van der Waals surface area contributed by atoms with E-state index in [0.717, 1.165) is 0 Å². The van der Waals surface area contributed by atoms with Gasteiger partial charge in [0.05, 0.1) is 25.9 Å². The molecule has 1 aliphatic heterocycles. The number of hydrogen-bond acceptors (Lipinski definition) is 4. The van der Waals surface area contributed by atoms with Crippen LogP contribution in [0.5, 0.6) is 5.75 Å². The number of carbonyl (C=O) groups is 1. The average molecular weight is 249 g/mol. The van der Waals surface area contributed by atoms with Crippen molar-refractivity contribution in [1.29, 1.82) is 0 Å². The Hall–Kier alpha value is -1.39. The molecule has 0 spiro atoms. The highest BCUT2D eigenvalue weighted by Gasteiger charge is 2.22. The summed E-state index contributed by atoms with van der Waals surface area (Å²) in [5.74, 6) is 0.718. The molecule has 98 valence electrons. The number of Topliss-reactive ketones (excluding diaryl/α,β-unsaturated/α-hetero) is 1. The molecule has 4 nitrogen and oxygen atoms in total. The standard InChI is InChI=1S/C14H19NO3/c1-10-8-18-9-11(15-10)7-13(16)12-5-3-4-6-14(12)17-2/h3-6,10-11,15H,7-9H2,1-2H3.